The van der Waals surface area contributed by atoms with Gasteiger partial charge in [-0.05, 0) is 18.7 Å². The molecule has 0 saturated carbocycles. The van der Waals surface area contributed by atoms with Crippen LogP contribution in [0.25, 0.3) is 0 Å². The molecule has 0 fully saturated rings. The summed E-state index contributed by atoms with van der Waals surface area (Å²) in [4.78, 5) is 5.00. The number of alkyl halides is 3. The van der Waals surface area contributed by atoms with Crippen LogP contribution in [0.1, 0.15) is 4.88 Å². The van der Waals surface area contributed by atoms with Crippen molar-refractivity contribution in [1.82, 2.24) is 4.98 Å². The lowest BCUT2D eigenvalue weighted by Crippen LogP contribution is -2.09. The molecule has 0 aliphatic carbocycles. The fraction of sp³-hybridized carbons (Fsp3) is 0.571. The predicted molar refractivity (Wildman–Crippen MR) is 53.9 cm³/mol. The van der Waals surface area contributed by atoms with Crippen LogP contribution in [0.3, 0.4) is 0 Å². The lowest BCUT2D eigenvalue weighted by atomic mass is 10.6. The van der Waals surface area contributed by atoms with Gasteiger partial charge in [0.2, 0.25) is 0 Å². The van der Waals surface area contributed by atoms with Crippen molar-refractivity contribution in [3.63, 3.8) is 0 Å². The highest BCUT2D eigenvalue weighted by molar-refractivity contribution is 8.00. The van der Waals surface area contributed by atoms with Crippen molar-refractivity contribution < 1.29 is 13.2 Å². The van der Waals surface area contributed by atoms with Gasteiger partial charge in [0.15, 0.2) is 5.13 Å². The topological polar surface area (TPSA) is 24.9 Å². The summed E-state index contributed by atoms with van der Waals surface area (Å²) < 4.78 is 35.1. The van der Waals surface area contributed by atoms with Gasteiger partial charge < -0.3 is 5.32 Å². The van der Waals surface area contributed by atoms with Crippen LogP contribution in [0.4, 0.5) is 18.3 Å². The summed E-state index contributed by atoms with van der Waals surface area (Å²) in [6.07, 6.45) is 1.68. The summed E-state index contributed by atoms with van der Waals surface area (Å²) in [5.74, 6) is 0.00211. The lowest BCUT2D eigenvalue weighted by Gasteiger charge is -2.05. The fourth-order valence-electron chi connectivity index (χ4n) is 0.761. The van der Waals surface area contributed by atoms with E-state index in [1.807, 2.05) is 6.92 Å². The first-order valence-electron chi connectivity index (χ1n) is 3.84. The summed E-state index contributed by atoms with van der Waals surface area (Å²) >= 11 is 1.41. The van der Waals surface area contributed by atoms with E-state index in [0.29, 0.717) is 5.13 Å². The van der Waals surface area contributed by atoms with E-state index in [9.17, 15) is 13.2 Å². The minimum absolute atomic E-state index is 0.00211. The average molecular weight is 242 g/mol. The zero-order valence-corrected chi connectivity index (χ0v) is 9.02. The molecule has 0 spiro atoms. The summed E-state index contributed by atoms with van der Waals surface area (Å²) in [6, 6.07) is 0. The molecule has 2 nitrogen and oxygen atoms in total. The molecule has 0 aliphatic rings. The third-order valence-corrected chi connectivity index (χ3v) is 2.87. The van der Waals surface area contributed by atoms with Gasteiger partial charge in [0.1, 0.15) is 0 Å². The first kappa shape index (κ1) is 11.6. The second kappa shape index (κ2) is 4.88. The molecule has 1 rings (SSSR count). The third kappa shape index (κ3) is 4.71. The number of hydrogen-bond donors (Lipinski definition) is 1. The van der Waals surface area contributed by atoms with Crippen LogP contribution in [-0.4, -0.2) is 22.8 Å². The summed E-state index contributed by atoms with van der Waals surface area (Å²) in [5, 5.41) is 3.50. The Labute approximate surface area is 87.9 Å². The highest BCUT2D eigenvalue weighted by Crippen LogP contribution is 2.29. The minimum atomic E-state index is -4.14. The Balaban J connectivity index is 2.16. The molecule has 0 aliphatic heterocycles. The van der Waals surface area contributed by atoms with E-state index in [1.54, 1.807) is 6.20 Å². The molecule has 0 aromatic carbocycles. The van der Waals surface area contributed by atoms with Gasteiger partial charge in [-0.15, -0.1) is 11.3 Å². The van der Waals surface area contributed by atoms with Crippen LogP contribution in [0.15, 0.2) is 6.20 Å². The molecule has 1 aromatic heterocycles. The van der Waals surface area contributed by atoms with Crippen LogP contribution in [0.2, 0.25) is 0 Å². The zero-order valence-electron chi connectivity index (χ0n) is 7.39. The van der Waals surface area contributed by atoms with Crippen LogP contribution in [0.5, 0.6) is 0 Å². The number of aromatic nitrogens is 1. The molecule has 0 amide bonds. The van der Waals surface area contributed by atoms with Gasteiger partial charge in [0, 0.05) is 23.4 Å². The van der Waals surface area contributed by atoms with Gasteiger partial charge in [-0.25, -0.2) is 4.98 Å². The Kier molecular flexibility index (Phi) is 4.06. The number of halogens is 3. The molecule has 0 bridgehead atoms. The number of aryl methyl sites for hydroxylation is 1. The number of anilines is 1. The van der Waals surface area contributed by atoms with Crippen molar-refractivity contribution in [2.45, 2.75) is 12.4 Å². The van der Waals surface area contributed by atoms with Crippen molar-refractivity contribution in [2.75, 3.05) is 17.6 Å². The number of rotatable bonds is 4. The van der Waals surface area contributed by atoms with Crippen molar-refractivity contribution in [2.24, 2.45) is 0 Å². The molecule has 14 heavy (non-hydrogen) atoms. The van der Waals surface area contributed by atoms with Crippen molar-refractivity contribution in [3.05, 3.63) is 11.1 Å². The van der Waals surface area contributed by atoms with E-state index >= 15 is 0 Å². The van der Waals surface area contributed by atoms with Crippen molar-refractivity contribution >= 4 is 28.2 Å². The van der Waals surface area contributed by atoms with Gasteiger partial charge >= 0.3 is 5.51 Å². The largest absolute Gasteiger partial charge is 0.441 e. The smallest absolute Gasteiger partial charge is 0.361 e. The molecule has 1 heterocycles. The average Bonchev–Trinajstić information content (AvgIpc) is 2.44. The van der Waals surface area contributed by atoms with E-state index in [0.717, 1.165) is 4.88 Å². The van der Waals surface area contributed by atoms with E-state index in [2.05, 4.69) is 10.3 Å². The SMILES string of the molecule is Cc1cnc(NCCSC(F)(F)F)s1. The van der Waals surface area contributed by atoms with E-state index < -0.39 is 5.51 Å². The Morgan fingerprint density at radius 2 is 2.29 bits per heavy atom. The molecule has 0 radical (unpaired) electrons. The van der Waals surface area contributed by atoms with Gasteiger partial charge in [-0.2, -0.15) is 13.2 Å². The second-order valence-electron chi connectivity index (χ2n) is 2.50. The summed E-state index contributed by atoms with van der Waals surface area (Å²) in [5.41, 5.74) is -4.14. The normalized spacial score (nSPS) is 11.7. The molecule has 7 heteroatoms. The second-order valence-corrected chi connectivity index (χ2v) is 4.89. The fourth-order valence-corrected chi connectivity index (χ4v) is 1.89. The molecule has 0 saturated heterocycles. The Bertz CT molecular complexity index is 285. The number of nitrogens with one attached hydrogen (secondary N) is 1. The molecule has 1 N–H and O–H groups in total. The Hall–Kier alpha value is -0.430. The molecule has 80 valence electrons. The van der Waals surface area contributed by atoms with Crippen molar-refractivity contribution in [3.8, 4) is 0 Å². The number of hydrogen-bond acceptors (Lipinski definition) is 4. The zero-order chi connectivity index (χ0) is 10.6. The molecule has 0 atom stereocenters. The monoisotopic (exact) mass is 242 g/mol. The molecule has 0 unspecified atom stereocenters. The van der Waals surface area contributed by atoms with Crippen LogP contribution < -0.4 is 5.32 Å². The van der Waals surface area contributed by atoms with Crippen LogP contribution in [-0.2, 0) is 0 Å². The highest BCUT2D eigenvalue weighted by atomic mass is 32.2. The number of thiazole rings is 1. The third-order valence-electron chi connectivity index (χ3n) is 1.27. The van der Waals surface area contributed by atoms with Crippen LogP contribution >= 0.6 is 23.1 Å². The quantitative estimate of drug-likeness (QED) is 0.821. The molecular weight excluding hydrogens is 233 g/mol. The van der Waals surface area contributed by atoms with Crippen LogP contribution in [0, 0.1) is 6.92 Å². The summed E-state index contributed by atoms with van der Waals surface area (Å²) in [6.45, 7) is 2.17. The first-order valence-corrected chi connectivity index (χ1v) is 5.64. The van der Waals surface area contributed by atoms with E-state index in [4.69, 9.17) is 0 Å². The predicted octanol–water partition coefficient (Wildman–Crippen LogP) is 3.12. The minimum Gasteiger partial charge on any atom is -0.361 e. The molecule has 1 aromatic rings. The van der Waals surface area contributed by atoms with Gasteiger partial charge in [-0.1, -0.05) is 0 Å². The first-order chi connectivity index (χ1) is 6.47. The Morgan fingerprint density at radius 1 is 1.57 bits per heavy atom. The Morgan fingerprint density at radius 3 is 2.79 bits per heavy atom. The van der Waals surface area contributed by atoms with E-state index in [-0.39, 0.29) is 24.1 Å². The maximum Gasteiger partial charge on any atom is 0.441 e. The highest BCUT2D eigenvalue weighted by Gasteiger charge is 2.27. The maximum atomic E-state index is 11.7. The summed E-state index contributed by atoms with van der Waals surface area (Å²) in [7, 11) is 0. The van der Waals surface area contributed by atoms with Gasteiger partial charge in [0.05, 0.1) is 0 Å². The number of nitrogens with zero attached hydrogens (tertiary/aromatic N) is 1. The van der Waals surface area contributed by atoms with Gasteiger partial charge in [0.25, 0.3) is 0 Å². The standard InChI is InChI=1S/C7H9F3N2S2/c1-5-4-12-6(14-5)11-2-3-13-7(8,9)10/h4H,2-3H2,1H3,(H,11,12). The maximum absolute atomic E-state index is 11.7. The lowest BCUT2D eigenvalue weighted by molar-refractivity contribution is -0.0327. The van der Waals surface area contributed by atoms with Gasteiger partial charge in [-0.3, -0.25) is 0 Å². The van der Waals surface area contributed by atoms with Crippen molar-refractivity contribution in [1.29, 1.82) is 0 Å². The number of thioether (sulfide) groups is 1. The van der Waals surface area contributed by atoms with E-state index in [1.165, 1.54) is 11.3 Å². The molecular formula is C7H9F3N2S2.